The minimum Gasteiger partial charge on any atom is -0.306 e. The first kappa shape index (κ1) is 11.9. The van der Waals surface area contributed by atoms with E-state index in [1.54, 1.807) is 6.07 Å². The molecular formula is C13H17ClFN. The first-order valence-electron chi connectivity index (χ1n) is 5.71. The molecule has 3 heteroatoms. The number of alkyl halides is 1. The predicted octanol–water partition coefficient (Wildman–Crippen LogP) is 3.39. The van der Waals surface area contributed by atoms with E-state index in [2.05, 4.69) is 5.32 Å². The Kier molecular flexibility index (Phi) is 3.50. The molecule has 1 fully saturated rings. The van der Waals surface area contributed by atoms with Gasteiger partial charge in [0.25, 0.3) is 0 Å². The van der Waals surface area contributed by atoms with E-state index in [9.17, 15) is 4.39 Å². The molecule has 0 spiro atoms. The van der Waals surface area contributed by atoms with Crippen molar-refractivity contribution < 1.29 is 4.39 Å². The van der Waals surface area contributed by atoms with E-state index >= 15 is 0 Å². The van der Waals surface area contributed by atoms with Gasteiger partial charge in [-0.25, -0.2) is 4.39 Å². The summed E-state index contributed by atoms with van der Waals surface area (Å²) < 4.78 is 12.9. The van der Waals surface area contributed by atoms with Crippen molar-refractivity contribution >= 4 is 11.6 Å². The number of rotatable bonds is 4. The lowest BCUT2D eigenvalue weighted by molar-refractivity contribution is 0.211. The molecular weight excluding hydrogens is 225 g/mol. The van der Waals surface area contributed by atoms with Crippen molar-refractivity contribution in [3.63, 3.8) is 0 Å². The Morgan fingerprint density at radius 1 is 1.44 bits per heavy atom. The summed E-state index contributed by atoms with van der Waals surface area (Å²) in [5.74, 6) is 0.490. The molecule has 0 saturated heterocycles. The molecule has 1 aliphatic rings. The van der Waals surface area contributed by atoms with Gasteiger partial charge in [-0.3, -0.25) is 0 Å². The van der Waals surface area contributed by atoms with Gasteiger partial charge < -0.3 is 5.32 Å². The van der Waals surface area contributed by atoms with Crippen LogP contribution in [0.25, 0.3) is 0 Å². The van der Waals surface area contributed by atoms with Crippen LogP contribution < -0.4 is 5.32 Å². The third-order valence-corrected chi connectivity index (χ3v) is 4.04. The largest absolute Gasteiger partial charge is 0.306 e. The van der Waals surface area contributed by atoms with Gasteiger partial charge in [0.15, 0.2) is 0 Å². The maximum absolute atomic E-state index is 12.9. The summed E-state index contributed by atoms with van der Waals surface area (Å²) in [5.41, 5.74) is 2.27. The second-order valence-electron chi connectivity index (χ2n) is 4.69. The summed E-state index contributed by atoms with van der Waals surface area (Å²) in [6, 6.07) is 4.93. The van der Waals surface area contributed by atoms with Crippen molar-refractivity contribution in [1.29, 1.82) is 0 Å². The fourth-order valence-corrected chi connectivity index (χ4v) is 2.46. The van der Waals surface area contributed by atoms with E-state index in [1.807, 2.05) is 13.0 Å². The molecule has 0 radical (unpaired) electrons. The second kappa shape index (κ2) is 4.72. The zero-order valence-electron chi connectivity index (χ0n) is 9.52. The average molecular weight is 242 g/mol. The molecule has 0 amide bonds. The zero-order valence-corrected chi connectivity index (χ0v) is 10.3. The third-order valence-electron chi connectivity index (χ3n) is 3.52. The normalized spacial score (nSPS) is 18.2. The number of hydrogen-bond donors (Lipinski definition) is 1. The van der Waals surface area contributed by atoms with Crippen LogP contribution in [0.4, 0.5) is 4.39 Å². The van der Waals surface area contributed by atoms with Crippen molar-refractivity contribution in [3.8, 4) is 0 Å². The molecule has 16 heavy (non-hydrogen) atoms. The number of halogens is 2. The van der Waals surface area contributed by atoms with Gasteiger partial charge >= 0.3 is 0 Å². The molecule has 88 valence electrons. The molecule has 2 rings (SSSR count). The SMILES string of the molecule is Cc1cc(F)ccc1CNC1(CCl)CCC1. The smallest absolute Gasteiger partial charge is 0.123 e. The van der Waals surface area contributed by atoms with Gasteiger partial charge in [0, 0.05) is 18.0 Å². The molecule has 1 N–H and O–H groups in total. The van der Waals surface area contributed by atoms with E-state index < -0.39 is 0 Å². The fourth-order valence-electron chi connectivity index (χ4n) is 2.10. The minimum absolute atomic E-state index is 0.127. The van der Waals surface area contributed by atoms with Crippen LogP contribution in [0.5, 0.6) is 0 Å². The van der Waals surface area contributed by atoms with Gasteiger partial charge in [0.1, 0.15) is 5.82 Å². The van der Waals surface area contributed by atoms with E-state index in [0.29, 0.717) is 5.88 Å². The molecule has 0 unspecified atom stereocenters. The van der Waals surface area contributed by atoms with Crippen molar-refractivity contribution in [2.24, 2.45) is 0 Å². The molecule has 1 aliphatic carbocycles. The van der Waals surface area contributed by atoms with Gasteiger partial charge in [-0.05, 0) is 49.4 Å². The molecule has 0 aliphatic heterocycles. The number of benzene rings is 1. The van der Waals surface area contributed by atoms with Crippen LogP contribution in [0, 0.1) is 12.7 Å². The van der Waals surface area contributed by atoms with Crippen LogP contribution in [0.3, 0.4) is 0 Å². The summed E-state index contributed by atoms with van der Waals surface area (Å²) in [6.45, 7) is 2.72. The van der Waals surface area contributed by atoms with Crippen LogP contribution in [0.1, 0.15) is 30.4 Å². The van der Waals surface area contributed by atoms with Crippen LogP contribution in [-0.2, 0) is 6.54 Å². The fraction of sp³-hybridized carbons (Fsp3) is 0.538. The van der Waals surface area contributed by atoms with Crippen molar-refractivity contribution in [1.82, 2.24) is 5.32 Å². The predicted molar refractivity (Wildman–Crippen MR) is 65.3 cm³/mol. The van der Waals surface area contributed by atoms with E-state index in [-0.39, 0.29) is 11.4 Å². The van der Waals surface area contributed by atoms with Gasteiger partial charge in [-0.15, -0.1) is 11.6 Å². The van der Waals surface area contributed by atoms with Crippen LogP contribution >= 0.6 is 11.6 Å². The van der Waals surface area contributed by atoms with E-state index in [4.69, 9.17) is 11.6 Å². The van der Waals surface area contributed by atoms with E-state index in [0.717, 1.165) is 30.5 Å². The standard InChI is InChI=1S/C13H17ClFN/c1-10-7-12(15)4-3-11(10)8-16-13(9-14)5-2-6-13/h3-4,7,16H,2,5-6,8-9H2,1H3. The number of hydrogen-bond acceptors (Lipinski definition) is 1. The van der Waals surface area contributed by atoms with Gasteiger partial charge in [0.2, 0.25) is 0 Å². The molecule has 0 bridgehead atoms. The maximum atomic E-state index is 12.9. The average Bonchev–Trinajstić information content (AvgIpc) is 2.19. The first-order chi connectivity index (χ1) is 7.65. The summed E-state index contributed by atoms with van der Waals surface area (Å²) in [6.07, 6.45) is 3.55. The van der Waals surface area contributed by atoms with Crippen molar-refractivity contribution in [2.45, 2.75) is 38.3 Å². The Balaban J connectivity index is 1.99. The zero-order chi connectivity index (χ0) is 11.6. The van der Waals surface area contributed by atoms with Crippen LogP contribution in [0.15, 0.2) is 18.2 Å². The molecule has 1 nitrogen and oxygen atoms in total. The molecule has 1 aromatic carbocycles. The quantitative estimate of drug-likeness (QED) is 0.797. The Morgan fingerprint density at radius 3 is 2.69 bits per heavy atom. The Bertz CT molecular complexity index is 369. The molecule has 0 aromatic heterocycles. The summed E-state index contributed by atoms with van der Waals surface area (Å²) in [4.78, 5) is 0. The van der Waals surface area contributed by atoms with Crippen LogP contribution in [0.2, 0.25) is 0 Å². The first-order valence-corrected chi connectivity index (χ1v) is 6.25. The number of aryl methyl sites for hydroxylation is 1. The van der Waals surface area contributed by atoms with Crippen molar-refractivity contribution in [2.75, 3.05) is 5.88 Å². The topological polar surface area (TPSA) is 12.0 Å². The Morgan fingerprint density at radius 2 is 2.19 bits per heavy atom. The van der Waals surface area contributed by atoms with Crippen molar-refractivity contribution in [3.05, 3.63) is 35.1 Å². The lowest BCUT2D eigenvalue weighted by atomic mass is 9.78. The molecule has 1 saturated carbocycles. The highest BCUT2D eigenvalue weighted by atomic mass is 35.5. The summed E-state index contributed by atoms with van der Waals surface area (Å²) >= 11 is 5.97. The minimum atomic E-state index is -0.169. The Hall–Kier alpha value is -0.600. The summed E-state index contributed by atoms with van der Waals surface area (Å²) in [7, 11) is 0. The monoisotopic (exact) mass is 241 g/mol. The second-order valence-corrected chi connectivity index (χ2v) is 4.96. The van der Waals surface area contributed by atoms with E-state index in [1.165, 1.54) is 12.5 Å². The summed E-state index contributed by atoms with van der Waals surface area (Å²) in [5, 5.41) is 3.50. The number of nitrogens with one attached hydrogen (secondary N) is 1. The van der Waals surface area contributed by atoms with Crippen LogP contribution in [-0.4, -0.2) is 11.4 Å². The molecule has 0 heterocycles. The lowest BCUT2D eigenvalue weighted by Crippen LogP contribution is -2.52. The maximum Gasteiger partial charge on any atom is 0.123 e. The molecule has 1 aromatic rings. The molecule has 0 atom stereocenters. The van der Waals surface area contributed by atoms with Gasteiger partial charge in [-0.2, -0.15) is 0 Å². The Labute approximate surface area is 101 Å². The highest BCUT2D eigenvalue weighted by molar-refractivity contribution is 6.18. The third kappa shape index (κ3) is 2.38. The highest BCUT2D eigenvalue weighted by Crippen LogP contribution is 2.33. The van der Waals surface area contributed by atoms with Gasteiger partial charge in [0.05, 0.1) is 0 Å². The lowest BCUT2D eigenvalue weighted by Gasteiger charge is -2.41. The highest BCUT2D eigenvalue weighted by Gasteiger charge is 2.35. The van der Waals surface area contributed by atoms with Gasteiger partial charge in [-0.1, -0.05) is 6.07 Å².